The Bertz CT molecular complexity index is 473. The number of carbonyl (C=O) groups is 1. The fourth-order valence-corrected chi connectivity index (χ4v) is 3.17. The number of halogens is 2. The molecule has 1 amide bonds. The Balaban J connectivity index is 2.23. The number of piperidine rings is 1. The fourth-order valence-electron chi connectivity index (χ4n) is 2.43. The molecule has 98 valence electrons. The number of rotatable bonds is 1. The second kappa shape index (κ2) is 5.37. The Morgan fingerprint density at radius 2 is 2.17 bits per heavy atom. The summed E-state index contributed by atoms with van der Waals surface area (Å²) < 4.78 is 0.963. The van der Waals surface area contributed by atoms with Crippen LogP contribution in [-0.4, -0.2) is 23.9 Å². The van der Waals surface area contributed by atoms with E-state index in [0.717, 1.165) is 28.6 Å². The van der Waals surface area contributed by atoms with E-state index in [1.54, 1.807) is 6.07 Å². The molecule has 2 rings (SSSR count). The predicted octanol–water partition coefficient (Wildman–Crippen LogP) is 4.21. The standard InChI is InChI=1S/C14H17ClINO/c1-14(2)6-3-7-17(9-14)13(18)11-8-10(15)4-5-12(11)16/h4-5,8H,3,6-7,9H2,1-2H3. The Morgan fingerprint density at radius 3 is 2.83 bits per heavy atom. The minimum absolute atomic E-state index is 0.106. The van der Waals surface area contributed by atoms with Gasteiger partial charge in [0, 0.05) is 21.7 Å². The van der Waals surface area contributed by atoms with Gasteiger partial charge in [-0.15, -0.1) is 0 Å². The maximum absolute atomic E-state index is 12.5. The average molecular weight is 378 g/mol. The molecule has 0 unspecified atom stereocenters. The zero-order valence-electron chi connectivity index (χ0n) is 10.7. The van der Waals surface area contributed by atoms with Gasteiger partial charge in [-0.25, -0.2) is 0 Å². The van der Waals surface area contributed by atoms with Crippen LogP contribution >= 0.6 is 34.2 Å². The van der Waals surface area contributed by atoms with Gasteiger partial charge in [0.2, 0.25) is 0 Å². The molecule has 0 aromatic heterocycles. The van der Waals surface area contributed by atoms with Gasteiger partial charge >= 0.3 is 0 Å². The lowest BCUT2D eigenvalue weighted by molar-refractivity contribution is 0.0582. The van der Waals surface area contributed by atoms with Crippen molar-refractivity contribution in [3.8, 4) is 0 Å². The van der Waals surface area contributed by atoms with Crippen molar-refractivity contribution in [3.05, 3.63) is 32.4 Å². The highest BCUT2D eigenvalue weighted by Crippen LogP contribution is 2.30. The van der Waals surface area contributed by atoms with Crippen LogP contribution in [0.15, 0.2) is 18.2 Å². The smallest absolute Gasteiger partial charge is 0.254 e. The number of benzene rings is 1. The summed E-state index contributed by atoms with van der Waals surface area (Å²) >= 11 is 8.17. The van der Waals surface area contributed by atoms with Crippen LogP contribution in [0, 0.1) is 8.99 Å². The first kappa shape index (κ1) is 14.1. The Morgan fingerprint density at radius 1 is 1.44 bits per heavy atom. The maximum Gasteiger partial charge on any atom is 0.254 e. The molecule has 2 nitrogen and oxygen atoms in total. The van der Waals surface area contributed by atoms with Crippen LogP contribution in [0.1, 0.15) is 37.0 Å². The monoisotopic (exact) mass is 377 g/mol. The van der Waals surface area contributed by atoms with Crippen molar-refractivity contribution in [2.24, 2.45) is 5.41 Å². The molecule has 0 bridgehead atoms. The minimum Gasteiger partial charge on any atom is -0.338 e. The lowest BCUT2D eigenvalue weighted by Gasteiger charge is -2.38. The summed E-state index contributed by atoms with van der Waals surface area (Å²) in [5, 5.41) is 0.620. The van der Waals surface area contributed by atoms with Gasteiger partial charge in [-0.05, 0) is 59.0 Å². The highest BCUT2D eigenvalue weighted by molar-refractivity contribution is 14.1. The molecule has 1 aliphatic rings. The van der Waals surface area contributed by atoms with Crippen LogP contribution < -0.4 is 0 Å². The van der Waals surface area contributed by atoms with Crippen molar-refractivity contribution in [1.82, 2.24) is 4.90 Å². The van der Waals surface area contributed by atoms with E-state index in [-0.39, 0.29) is 11.3 Å². The molecule has 1 heterocycles. The van der Waals surface area contributed by atoms with Crippen molar-refractivity contribution in [2.45, 2.75) is 26.7 Å². The van der Waals surface area contributed by atoms with Gasteiger partial charge in [-0.3, -0.25) is 4.79 Å². The van der Waals surface area contributed by atoms with Crippen LogP contribution in [-0.2, 0) is 0 Å². The van der Waals surface area contributed by atoms with Crippen molar-refractivity contribution < 1.29 is 4.79 Å². The molecule has 18 heavy (non-hydrogen) atoms. The minimum atomic E-state index is 0.106. The summed E-state index contributed by atoms with van der Waals surface area (Å²) in [6.45, 7) is 6.12. The van der Waals surface area contributed by atoms with Crippen molar-refractivity contribution in [1.29, 1.82) is 0 Å². The number of carbonyl (C=O) groups excluding carboxylic acids is 1. The zero-order valence-corrected chi connectivity index (χ0v) is 13.6. The highest BCUT2D eigenvalue weighted by atomic mass is 127. The summed E-state index contributed by atoms with van der Waals surface area (Å²) in [5.41, 5.74) is 0.943. The summed E-state index contributed by atoms with van der Waals surface area (Å²) in [5.74, 6) is 0.106. The molecular weight excluding hydrogens is 361 g/mol. The van der Waals surface area contributed by atoms with Crippen LogP contribution in [0.2, 0.25) is 5.02 Å². The van der Waals surface area contributed by atoms with E-state index in [4.69, 9.17) is 11.6 Å². The van der Waals surface area contributed by atoms with Crippen molar-refractivity contribution >= 4 is 40.1 Å². The molecule has 1 fully saturated rings. The number of hydrogen-bond donors (Lipinski definition) is 0. The van der Waals surface area contributed by atoms with E-state index >= 15 is 0 Å². The number of amides is 1. The molecular formula is C14H17ClINO. The molecule has 0 aliphatic carbocycles. The fraction of sp³-hybridized carbons (Fsp3) is 0.500. The largest absolute Gasteiger partial charge is 0.338 e. The SMILES string of the molecule is CC1(C)CCCN(C(=O)c2cc(Cl)ccc2I)C1. The van der Waals surface area contributed by atoms with Gasteiger partial charge in [0.1, 0.15) is 0 Å². The number of hydrogen-bond acceptors (Lipinski definition) is 1. The molecule has 1 aromatic rings. The highest BCUT2D eigenvalue weighted by Gasteiger charge is 2.30. The first-order valence-electron chi connectivity index (χ1n) is 6.13. The van der Waals surface area contributed by atoms with Gasteiger partial charge in [0.15, 0.2) is 0 Å². The maximum atomic E-state index is 12.5. The molecule has 0 spiro atoms. The predicted molar refractivity (Wildman–Crippen MR) is 83.1 cm³/mol. The Kier molecular flexibility index (Phi) is 4.22. The molecule has 1 aliphatic heterocycles. The van der Waals surface area contributed by atoms with Crippen LogP contribution in [0.3, 0.4) is 0 Å². The van der Waals surface area contributed by atoms with Gasteiger partial charge in [0.25, 0.3) is 5.91 Å². The van der Waals surface area contributed by atoms with E-state index in [2.05, 4.69) is 36.4 Å². The number of likely N-dealkylation sites (tertiary alicyclic amines) is 1. The molecule has 0 N–H and O–H groups in total. The third kappa shape index (κ3) is 3.18. The third-order valence-corrected chi connectivity index (χ3v) is 4.52. The molecule has 0 saturated carbocycles. The first-order valence-corrected chi connectivity index (χ1v) is 7.59. The molecule has 4 heteroatoms. The van der Waals surface area contributed by atoms with E-state index in [9.17, 15) is 4.79 Å². The van der Waals surface area contributed by atoms with Gasteiger partial charge in [0.05, 0.1) is 5.56 Å². The normalized spacial score (nSPS) is 18.8. The Labute approximate surface area is 127 Å². The van der Waals surface area contributed by atoms with E-state index in [0.29, 0.717) is 5.02 Å². The van der Waals surface area contributed by atoms with Crippen LogP contribution in [0.5, 0.6) is 0 Å². The van der Waals surface area contributed by atoms with Crippen LogP contribution in [0.25, 0.3) is 0 Å². The van der Waals surface area contributed by atoms with Gasteiger partial charge < -0.3 is 4.90 Å². The average Bonchev–Trinajstić information content (AvgIpc) is 2.30. The Hall–Kier alpha value is -0.290. The van der Waals surface area contributed by atoms with Crippen molar-refractivity contribution in [3.63, 3.8) is 0 Å². The summed E-state index contributed by atoms with van der Waals surface area (Å²) in [7, 11) is 0. The lowest BCUT2D eigenvalue weighted by atomic mass is 9.84. The van der Waals surface area contributed by atoms with Crippen LogP contribution in [0.4, 0.5) is 0 Å². The van der Waals surface area contributed by atoms with Crippen molar-refractivity contribution in [2.75, 3.05) is 13.1 Å². The lowest BCUT2D eigenvalue weighted by Crippen LogP contribution is -2.43. The molecule has 0 radical (unpaired) electrons. The van der Waals surface area contributed by atoms with E-state index in [1.165, 1.54) is 6.42 Å². The first-order chi connectivity index (χ1) is 8.39. The van der Waals surface area contributed by atoms with E-state index < -0.39 is 0 Å². The topological polar surface area (TPSA) is 20.3 Å². The summed E-state index contributed by atoms with van der Waals surface area (Å²) in [6.07, 6.45) is 2.26. The second-order valence-corrected chi connectivity index (χ2v) is 7.22. The van der Waals surface area contributed by atoms with E-state index in [1.807, 2.05) is 17.0 Å². The molecule has 1 aromatic carbocycles. The number of nitrogens with zero attached hydrogens (tertiary/aromatic N) is 1. The third-order valence-electron chi connectivity index (χ3n) is 3.35. The summed E-state index contributed by atoms with van der Waals surface area (Å²) in [4.78, 5) is 14.5. The zero-order chi connectivity index (χ0) is 13.3. The molecule has 0 atom stereocenters. The quantitative estimate of drug-likeness (QED) is 0.672. The second-order valence-electron chi connectivity index (χ2n) is 5.62. The molecule has 1 saturated heterocycles. The van der Waals surface area contributed by atoms with Gasteiger partial charge in [-0.1, -0.05) is 25.4 Å². The summed E-state index contributed by atoms with van der Waals surface area (Å²) in [6, 6.07) is 5.48. The van der Waals surface area contributed by atoms with Gasteiger partial charge in [-0.2, -0.15) is 0 Å².